The third kappa shape index (κ3) is 24.5. The van der Waals surface area contributed by atoms with Crippen LogP contribution >= 0.6 is 11.6 Å². The molecule has 0 aliphatic heterocycles. The van der Waals surface area contributed by atoms with E-state index in [-0.39, 0.29) is 59.7 Å². The van der Waals surface area contributed by atoms with E-state index in [0.29, 0.717) is 53.0 Å². The summed E-state index contributed by atoms with van der Waals surface area (Å²) in [6, 6.07) is 61.6. The summed E-state index contributed by atoms with van der Waals surface area (Å²) in [7, 11) is 0. The minimum Gasteiger partial charge on any atom is -0.508 e. The highest BCUT2D eigenvalue weighted by molar-refractivity contribution is 6.67. The maximum atomic E-state index is 12.8. The molecule has 24 nitrogen and oxygen atoms in total. The van der Waals surface area contributed by atoms with Gasteiger partial charge in [0.1, 0.15) is 47.7 Å². The molecule has 1 aliphatic carbocycles. The third-order valence-corrected chi connectivity index (χ3v) is 13.8. The second-order valence-electron chi connectivity index (χ2n) is 22.7. The number of phenolic OH excluding ortho intramolecular Hbond substituents is 1. The van der Waals surface area contributed by atoms with Gasteiger partial charge in [-0.15, -0.1) is 15.3 Å². The molecule has 11 N–H and O–H groups in total. The van der Waals surface area contributed by atoms with Gasteiger partial charge in [-0.25, -0.2) is 5.10 Å². The van der Waals surface area contributed by atoms with Gasteiger partial charge in [0.25, 0.3) is 17.1 Å². The average Bonchev–Trinajstić information content (AvgIpc) is 1.70. The van der Waals surface area contributed by atoms with Crippen LogP contribution in [-0.2, 0) is 13.2 Å². The highest BCUT2D eigenvalue weighted by Crippen LogP contribution is 2.25. The SMILES string of the molecule is C1=CCCCC1.CC(C)Oc1ccc(C(=O)Cl)cc1.CC(C)Oc1ccc(C(=O)n2nc(Nc3ccc(O)cc3)nc2N)cc1.CC(C)Oc1ccc(C(=O)n2nc(Nc3ccc(OCc4ccccc4)cc3)nc2N)cc1.Nc1nc(Nc2ccc(OCc3ccccc3)cc2)n[nH]1. The summed E-state index contributed by atoms with van der Waals surface area (Å²) in [5.41, 5.74) is 23.0. The quantitative estimate of drug-likeness (QED) is 0.0188. The maximum Gasteiger partial charge on any atom is 0.281 e. The first-order chi connectivity index (χ1) is 47.8. The zero-order valence-electron chi connectivity index (χ0n) is 55.7. The number of aromatic nitrogens is 9. The molecule has 8 aromatic carbocycles. The smallest absolute Gasteiger partial charge is 0.281 e. The van der Waals surface area contributed by atoms with Gasteiger partial charge in [-0.2, -0.15) is 24.3 Å². The van der Waals surface area contributed by atoms with Crippen LogP contribution in [0.5, 0.6) is 34.5 Å². The second kappa shape index (κ2) is 37.2. The van der Waals surface area contributed by atoms with Gasteiger partial charge in [0.2, 0.25) is 35.7 Å². The Morgan fingerprint density at radius 3 is 1.13 bits per heavy atom. The van der Waals surface area contributed by atoms with Crippen molar-refractivity contribution in [3.8, 4) is 34.5 Å². The molecule has 3 heterocycles. The maximum absolute atomic E-state index is 12.8. The number of aromatic hydroxyl groups is 1. The minimum absolute atomic E-state index is 0.00665. The van der Waals surface area contributed by atoms with Crippen molar-refractivity contribution < 1.29 is 43.2 Å². The number of allylic oxidation sites excluding steroid dienone is 2. The zero-order chi connectivity index (χ0) is 70.5. The fourth-order valence-corrected chi connectivity index (χ4v) is 9.03. The lowest BCUT2D eigenvalue weighted by molar-refractivity contribution is 0.0940. The highest BCUT2D eigenvalue weighted by Gasteiger charge is 2.19. The molecule has 0 bridgehead atoms. The number of hydrogen-bond acceptors (Lipinski definition) is 21. The number of ether oxygens (including phenoxy) is 5. The first-order valence-corrected chi connectivity index (χ1v) is 32.2. The average molecular weight is 1360 g/mol. The van der Waals surface area contributed by atoms with Crippen molar-refractivity contribution in [2.45, 2.75) is 98.8 Å². The lowest BCUT2D eigenvalue weighted by atomic mass is 10.1. The van der Waals surface area contributed by atoms with Crippen molar-refractivity contribution in [3.63, 3.8) is 0 Å². The Labute approximate surface area is 579 Å². The molecular weight excluding hydrogens is 1280 g/mol. The van der Waals surface area contributed by atoms with E-state index >= 15 is 0 Å². The molecule has 0 saturated carbocycles. The number of phenols is 1. The van der Waals surface area contributed by atoms with Gasteiger partial charge in [-0.1, -0.05) is 72.8 Å². The first kappa shape index (κ1) is 72.6. The Hall–Kier alpha value is -12.2. The summed E-state index contributed by atoms with van der Waals surface area (Å²) in [5, 5.41) is 32.6. The van der Waals surface area contributed by atoms with Gasteiger partial charge < -0.3 is 61.9 Å². The van der Waals surface area contributed by atoms with E-state index in [1.807, 2.05) is 151 Å². The number of nitrogens with zero attached hydrogens (tertiary/aromatic N) is 8. The summed E-state index contributed by atoms with van der Waals surface area (Å²) in [6.45, 7) is 12.7. The van der Waals surface area contributed by atoms with Crippen molar-refractivity contribution in [1.29, 1.82) is 0 Å². The van der Waals surface area contributed by atoms with Crippen LogP contribution in [0.3, 0.4) is 0 Å². The number of aromatic amines is 1. The van der Waals surface area contributed by atoms with E-state index < -0.39 is 11.1 Å². The Kier molecular flexibility index (Phi) is 27.3. The fourth-order valence-electron chi connectivity index (χ4n) is 8.90. The van der Waals surface area contributed by atoms with Gasteiger partial charge in [-0.05, 0) is 236 Å². The summed E-state index contributed by atoms with van der Waals surface area (Å²) in [4.78, 5) is 48.3. The molecule has 0 atom stereocenters. The molecule has 0 radical (unpaired) electrons. The molecule has 1 aliphatic rings. The number of H-pyrrole nitrogens is 1. The molecule has 11 aromatic rings. The molecule has 0 amide bonds. The number of nitrogens with one attached hydrogen (secondary N) is 4. The number of carbonyl (C=O) groups excluding carboxylic acids is 3. The largest absolute Gasteiger partial charge is 0.508 e. The molecule has 99 heavy (non-hydrogen) atoms. The van der Waals surface area contributed by atoms with Crippen molar-refractivity contribution >= 4 is 81.4 Å². The molecule has 0 saturated heterocycles. The van der Waals surface area contributed by atoms with E-state index in [1.54, 1.807) is 84.9 Å². The first-order valence-electron chi connectivity index (χ1n) is 31.8. The van der Waals surface area contributed by atoms with Crippen LogP contribution in [0.15, 0.2) is 218 Å². The molecule has 0 spiro atoms. The number of nitrogens with two attached hydrogens (primary N) is 3. The second-order valence-corrected chi connectivity index (χ2v) is 23.0. The predicted octanol–water partition coefficient (Wildman–Crippen LogP) is 15.1. The van der Waals surface area contributed by atoms with Crippen LogP contribution in [-0.4, -0.2) is 85.2 Å². The molecule has 12 rings (SSSR count). The summed E-state index contributed by atoms with van der Waals surface area (Å²) in [6.07, 6.45) is 10.2. The van der Waals surface area contributed by atoms with E-state index in [1.165, 1.54) is 37.8 Å². The Bertz CT molecular complexity index is 4280. The molecule has 512 valence electrons. The normalized spacial score (nSPS) is 11.2. The molecule has 0 unspecified atom stereocenters. The molecular formula is C74H80ClN15O9. The molecule has 0 fully saturated rings. The van der Waals surface area contributed by atoms with E-state index in [2.05, 4.69) is 63.4 Å². The standard InChI is InChI=1S/C25H25N5O3.C18H19N5O3.C15H15N5O.C10H11ClO2.C6H10/c1-17(2)33-22-12-8-19(9-13-22)23(31)30-24(26)28-25(29-30)27-20-10-14-21(15-11-20)32-16-18-6-4-3-5-7-18;1-11(2)26-15-9-3-12(4-10-15)16(25)23-17(19)21-18(22-23)20-13-5-7-14(24)8-6-13;16-14-18-15(20-19-14)17-12-6-8-13(9-7-12)21-10-11-4-2-1-3-5-11;1-7(2)13-9-5-3-8(4-6-9)10(11)12;1-2-4-6-5-3-1/h3-15,17H,16H2,1-2H3,(H3,26,27,28,29);3-11,24H,1-2H3,(H3,19,20,21,22);1-9H,10H2,(H4,16,17,18,19,20);3-7H,1-2H3;1-2H,3-6H2. The Morgan fingerprint density at radius 1 is 0.465 bits per heavy atom. The van der Waals surface area contributed by atoms with Crippen LogP contribution in [0.1, 0.15) is 109 Å². The van der Waals surface area contributed by atoms with Crippen LogP contribution in [0.2, 0.25) is 0 Å². The number of rotatable bonds is 21. The minimum atomic E-state index is -0.448. The number of nitrogen functional groups attached to an aromatic ring is 3. The predicted molar refractivity (Wildman–Crippen MR) is 386 cm³/mol. The topological polar surface area (TPSA) is 335 Å². The van der Waals surface area contributed by atoms with Gasteiger partial charge in [-0.3, -0.25) is 14.4 Å². The van der Waals surface area contributed by atoms with Crippen molar-refractivity contribution in [1.82, 2.24) is 44.7 Å². The van der Waals surface area contributed by atoms with Gasteiger partial charge in [0.15, 0.2) is 0 Å². The third-order valence-electron chi connectivity index (χ3n) is 13.6. The highest BCUT2D eigenvalue weighted by atomic mass is 35.5. The number of hydrogen-bond donors (Lipinski definition) is 8. The Morgan fingerprint density at radius 2 is 0.808 bits per heavy atom. The van der Waals surface area contributed by atoms with Crippen molar-refractivity contribution in [3.05, 3.63) is 246 Å². The monoisotopic (exact) mass is 1360 g/mol. The van der Waals surface area contributed by atoms with Gasteiger partial charge >= 0.3 is 0 Å². The number of halogens is 1. The number of benzene rings is 8. The van der Waals surface area contributed by atoms with Crippen LogP contribution in [0.25, 0.3) is 0 Å². The Balaban J connectivity index is 0.000000170. The van der Waals surface area contributed by atoms with E-state index in [4.69, 9.17) is 52.5 Å². The zero-order valence-corrected chi connectivity index (χ0v) is 56.4. The van der Waals surface area contributed by atoms with Gasteiger partial charge in [0.05, 0.1) is 18.3 Å². The summed E-state index contributed by atoms with van der Waals surface area (Å²) in [5.74, 6) is 4.10. The molecule has 3 aromatic heterocycles. The van der Waals surface area contributed by atoms with E-state index in [9.17, 15) is 19.5 Å². The van der Waals surface area contributed by atoms with Crippen LogP contribution in [0, 0.1) is 0 Å². The van der Waals surface area contributed by atoms with E-state index in [0.717, 1.165) is 49.1 Å². The van der Waals surface area contributed by atoms with Crippen molar-refractivity contribution in [2.24, 2.45) is 0 Å². The van der Waals surface area contributed by atoms with Crippen LogP contribution < -0.4 is 56.8 Å². The lowest BCUT2D eigenvalue weighted by Gasteiger charge is -2.09. The van der Waals surface area contributed by atoms with Gasteiger partial charge in [0, 0.05) is 33.8 Å². The number of anilines is 9. The van der Waals surface area contributed by atoms with Crippen molar-refractivity contribution in [2.75, 3.05) is 33.2 Å². The number of carbonyl (C=O) groups is 3. The fraction of sp³-hybridized carbons (Fsp3) is 0.203. The summed E-state index contributed by atoms with van der Waals surface area (Å²) < 4.78 is 30.2. The van der Waals surface area contributed by atoms with Crippen LogP contribution in [0.4, 0.5) is 52.8 Å². The summed E-state index contributed by atoms with van der Waals surface area (Å²) >= 11 is 5.28. The lowest BCUT2D eigenvalue weighted by Crippen LogP contribution is -2.16. The molecule has 25 heteroatoms.